The summed E-state index contributed by atoms with van der Waals surface area (Å²) < 4.78 is 0. The molecule has 2 nitrogen and oxygen atoms in total. The van der Waals surface area contributed by atoms with Gasteiger partial charge in [-0.1, -0.05) is 36.7 Å². The van der Waals surface area contributed by atoms with Gasteiger partial charge in [0.1, 0.15) is 0 Å². The molecular weight excluding hydrogens is 280 g/mol. The lowest BCUT2D eigenvalue weighted by Gasteiger charge is -2.20. The highest BCUT2D eigenvalue weighted by atomic mass is 35.5. The van der Waals surface area contributed by atoms with Crippen LogP contribution in [0.25, 0.3) is 0 Å². The number of hydrogen-bond donors (Lipinski definition) is 1. The molecule has 1 atom stereocenters. The molecule has 2 rings (SSSR count). The minimum Gasteiger partial charge on any atom is -0.310 e. The summed E-state index contributed by atoms with van der Waals surface area (Å²) in [6.45, 7) is 7.30. The van der Waals surface area contributed by atoms with Crippen molar-refractivity contribution in [2.45, 2.75) is 39.7 Å². The summed E-state index contributed by atoms with van der Waals surface area (Å²) in [6.07, 6.45) is 5.82. The van der Waals surface area contributed by atoms with E-state index in [1.54, 1.807) is 0 Å². The van der Waals surface area contributed by atoms with E-state index in [0.29, 0.717) is 0 Å². The van der Waals surface area contributed by atoms with Crippen molar-refractivity contribution in [1.82, 2.24) is 10.3 Å². The zero-order chi connectivity index (χ0) is 15.2. The van der Waals surface area contributed by atoms with Crippen LogP contribution < -0.4 is 5.32 Å². The predicted octanol–water partition coefficient (Wildman–Crippen LogP) is 4.64. The molecule has 0 fully saturated rings. The predicted molar refractivity (Wildman–Crippen MR) is 89.9 cm³/mol. The monoisotopic (exact) mass is 302 g/mol. The van der Waals surface area contributed by atoms with E-state index in [4.69, 9.17) is 11.6 Å². The summed E-state index contributed by atoms with van der Waals surface area (Å²) >= 11 is 6.38. The lowest BCUT2D eigenvalue weighted by Crippen LogP contribution is -2.24. The Kier molecular flexibility index (Phi) is 5.77. The van der Waals surface area contributed by atoms with Gasteiger partial charge in [0.2, 0.25) is 0 Å². The highest BCUT2D eigenvalue weighted by Gasteiger charge is 2.14. The van der Waals surface area contributed by atoms with E-state index in [0.717, 1.165) is 24.4 Å². The molecule has 21 heavy (non-hydrogen) atoms. The van der Waals surface area contributed by atoms with E-state index < -0.39 is 0 Å². The van der Waals surface area contributed by atoms with Crippen LogP contribution in [-0.2, 0) is 6.42 Å². The third-order valence-electron chi connectivity index (χ3n) is 3.57. The normalized spacial score (nSPS) is 12.4. The first kappa shape index (κ1) is 16.0. The first-order chi connectivity index (χ1) is 10.1. The molecule has 0 amide bonds. The standard InChI is InChI=1S/C18H23ClN2/c1-4-7-21-18(16-8-14(3)11-20-12-16)10-15-6-5-13(2)9-17(15)19/h5-6,8-9,11-12,18,21H,4,7,10H2,1-3H3. The molecule has 1 N–H and O–H groups in total. The lowest BCUT2D eigenvalue weighted by molar-refractivity contribution is 0.527. The van der Waals surface area contributed by atoms with Crippen molar-refractivity contribution in [2.75, 3.05) is 6.54 Å². The van der Waals surface area contributed by atoms with Gasteiger partial charge in [0.15, 0.2) is 0 Å². The Hall–Kier alpha value is -1.38. The molecule has 0 aliphatic heterocycles. The van der Waals surface area contributed by atoms with Crippen LogP contribution in [0.4, 0.5) is 0 Å². The number of hydrogen-bond acceptors (Lipinski definition) is 2. The van der Waals surface area contributed by atoms with Gasteiger partial charge in [-0.3, -0.25) is 4.98 Å². The largest absolute Gasteiger partial charge is 0.310 e. The molecule has 3 heteroatoms. The molecule has 0 bridgehead atoms. The van der Waals surface area contributed by atoms with Crippen molar-refractivity contribution < 1.29 is 0 Å². The van der Waals surface area contributed by atoms with Gasteiger partial charge in [0, 0.05) is 23.5 Å². The maximum atomic E-state index is 6.38. The summed E-state index contributed by atoms with van der Waals surface area (Å²) in [5.74, 6) is 0. The Balaban J connectivity index is 2.23. The van der Waals surface area contributed by atoms with E-state index in [-0.39, 0.29) is 6.04 Å². The summed E-state index contributed by atoms with van der Waals surface area (Å²) in [5, 5.41) is 4.45. The molecule has 0 aliphatic carbocycles. The zero-order valence-electron chi connectivity index (χ0n) is 13.0. The number of nitrogens with one attached hydrogen (secondary N) is 1. The number of pyridine rings is 1. The average molecular weight is 303 g/mol. The summed E-state index contributed by atoms with van der Waals surface area (Å²) in [4.78, 5) is 4.32. The van der Waals surface area contributed by atoms with E-state index in [1.807, 2.05) is 18.5 Å². The van der Waals surface area contributed by atoms with Gasteiger partial charge < -0.3 is 5.32 Å². The molecule has 1 heterocycles. The number of aromatic nitrogens is 1. The molecule has 112 valence electrons. The maximum Gasteiger partial charge on any atom is 0.0441 e. The van der Waals surface area contributed by atoms with E-state index in [9.17, 15) is 0 Å². The minimum atomic E-state index is 0.248. The van der Waals surface area contributed by atoms with Gasteiger partial charge in [0.25, 0.3) is 0 Å². The molecule has 0 saturated heterocycles. The van der Waals surface area contributed by atoms with Crippen LogP contribution >= 0.6 is 11.6 Å². The zero-order valence-corrected chi connectivity index (χ0v) is 13.7. The van der Waals surface area contributed by atoms with Crippen LogP contribution in [0.5, 0.6) is 0 Å². The number of nitrogens with zero attached hydrogens (tertiary/aromatic N) is 1. The number of benzene rings is 1. The number of aryl methyl sites for hydroxylation is 2. The first-order valence-corrected chi connectivity index (χ1v) is 7.88. The molecule has 1 aromatic carbocycles. The summed E-state index contributed by atoms with van der Waals surface area (Å²) in [6, 6.07) is 8.72. The first-order valence-electron chi connectivity index (χ1n) is 7.50. The number of rotatable bonds is 6. The molecule has 1 unspecified atom stereocenters. The van der Waals surface area contributed by atoms with Crippen LogP contribution in [0.15, 0.2) is 36.7 Å². The lowest BCUT2D eigenvalue weighted by atomic mass is 9.98. The van der Waals surface area contributed by atoms with Crippen LogP contribution in [0.3, 0.4) is 0 Å². The number of halogens is 1. The van der Waals surface area contributed by atoms with Crippen molar-refractivity contribution in [1.29, 1.82) is 0 Å². The fraction of sp³-hybridized carbons (Fsp3) is 0.389. The Morgan fingerprint density at radius 2 is 1.95 bits per heavy atom. The Labute approximate surface area is 132 Å². The van der Waals surface area contributed by atoms with Gasteiger partial charge >= 0.3 is 0 Å². The van der Waals surface area contributed by atoms with Crippen LogP contribution in [0.2, 0.25) is 5.02 Å². The van der Waals surface area contributed by atoms with E-state index in [1.165, 1.54) is 22.3 Å². The quantitative estimate of drug-likeness (QED) is 0.841. The van der Waals surface area contributed by atoms with Crippen LogP contribution in [0, 0.1) is 13.8 Å². The second-order valence-electron chi connectivity index (χ2n) is 5.60. The second kappa shape index (κ2) is 7.58. The van der Waals surface area contributed by atoms with E-state index in [2.05, 4.69) is 49.3 Å². The summed E-state index contributed by atoms with van der Waals surface area (Å²) in [5.41, 5.74) is 4.78. The molecule has 1 aromatic heterocycles. The minimum absolute atomic E-state index is 0.248. The summed E-state index contributed by atoms with van der Waals surface area (Å²) in [7, 11) is 0. The highest BCUT2D eigenvalue weighted by molar-refractivity contribution is 6.31. The van der Waals surface area contributed by atoms with Gasteiger partial charge in [-0.15, -0.1) is 0 Å². The third-order valence-corrected chi connectivity index (χ3v) is 3.92. The van der Waals surface area contributed by atoms with Gasteiger partial charge in [0.05, 0.1) is 0 Å². The Bertz CT molecular complexity index is 596. The van der Waals surface area contributed by atoms with Crippen molar-refractivity contribution in [3.05, 3.63) is 63.9 Å². The van der Waals surface area contributed by atoms with Crippen LogP contribution in [-0.4, -0.2) is 11.5 Å². The van der Waals surface area contributed by atoms with Crippen LogP contribution in [0.1, 0.15) is 41.6 Å². The van der Waals surface area contributed by atoms with E-state index >= 15 is 0 Å². The van der Waals surface area contributed by atoms with Crippen molar-refractivity contribution in [3.8, 4) is 0 Å². The van der Waals surface area contributed by atoms with Gasteiger partial charge in [-0.25, -0.2) is 0 Å². The van der Waals surface area contributed by atoms with Crippen molar-refractivity contribution >= 4 is 11.6 Å². The highest BCUT2D eigenvalue weighted by Crippen LogP contribution is 2.24. The van der Waals surface area contributed by atoms with Crippen molar-refractivity contribution in [2.24, 2.45) is 0 Å². The molecule has 0 radical (unpaired) electrons. The fourth-order valence-electron chi connectivity index (χ4n) is 2.43. The molecule has 2 aromatic rings. The van der Waals surface area contributed by atoms with Gasteiger partial charge in [-0.2, -0.15) is 0 Å². The van der Waals surface area contributed by atoms with Gasteiger partial charge in [-0.05, 0) is 61.6 Å². The third kappa shape index (κ3) is 4.55. The van der Waals surface area contributed by atoms with Crippen molar-refractivity contribution in [3.63, 3.8) is 0 Å². The molecule has 0 spiro atoms. The Morgan fingerprint density at radius 1 is 1.14 bits per heavy atom. The molecule has 0 saturated carbocycles. The average Bonchev–Trinajstić information content (AvgIpc) is 2.45. The maximum absolute atomic E-state index is 6.38. The molecule has 0 aliphatic rings. The second-order valence-corrected chi connectivity index (χ2v) is 6.01. The SMILES string of the molecule is CCCNC(Cc1ccc(C)cc1Cl)c1cncc(C)c1. The fourth-order valence-corrected chi connectivity index (χ4v) is 2.75. The smallest absolute Gasteiger partial charge is 0.0441 e. The topological polar surface area (TPSA) is 24.9 Å². The molecular formula is C18H23ClN2. The Morgan fingerprint density at radius 3 is 2.62 bits per heavy atom.